The first-order chi connectivity index (χ1) is 8.55. The summed E-state index contributed by atoms with van der Waals surface area (Å²) in [5.41, 5.74) is 5.57. The molecule has 0 bridgehead atoms. The zero-order valence-corrected chi connectivity index (χ0v) is 11.1. The molecule has 0 radical (unpaired) electrons. The van der Waals surface area contributed by atoms with Gasteiger partial charge < -0.3 is 10.5 Å². The summed E-state index contributed by atoms with van der Waals surface area (Å²) in [6.07, 6.45) is 3.10. The first-order valence-electron chi connectivity index (χ1n) is 5.96. The maximum absolute atomic E-state index is 12.4. The topological polar surface area (TPSA) is 101 Å². The summed E-state index contributed by atoms with van der Waals surface area (Å²) in [6, 6.07) is 0. The van der Waals surface area contributed by atoms with E-state index < -0.39 is 10.0 Å². The van der Waals surface area contributed by atoms with Gasteiger partial charge in [0, 0.05) is 19.7 Å². The number of aromatic nitrogens is 2. The summed E-state index contributed by atoms with van der Waals surface area (Å²) in [7, 11) is -3.59. The highest BCUT2D eigenvalue weighted by atomic mass is 32.2. The van der Waals surface area contributed by atoms with Gasteiger partial charge in [-0.25, -0.2) is 8.42 Å². The van der Waals surface area contributed by atoms with E-state index in [0.29, 0.717) is 19.7 Å². The third-order valence-electron chi connectivity index (χ3n) is 3.03. The standard InChI is InChI=1S/C10H18N4O3S/c1-2-14(7-8-4-3-5-17-8)18(15,16)9-6-12-13-10(9)11/h6,8H,2-5,7H2,1H3,(H3,11,12,13). The van der Waals surface area contributed by atoms with E-state index in [1.807, 2.05) is 0 Å². The van der Waals surface area contributed by atoms with Gasteiger partial charge in [-0.1, -0.05) is 6.92 Å². The molecule has 2 heterocycles. The number of anilines is 1. The number of hydrogen-bond donors (Lipinski definition) is 2. The zero-order valence-electron chi connectivity index (χ0n) is 10.3. The van der Waals surface area contributed by atoms with Crippen molar-refractivity contribution in [2.75, 3.05) is 25.4 Å². The van der Waals surface area contributed by atoms with Crippen LogP contribution in [0.15, 0.2) is 11.1 Å². The molecule has 3 N–H and O–H groups in total. The van der Waals surface area contributed by atoms with Crippen LogP contribution < -0.4 is 5.73 Å². The summed E-state index contributed by atoms with van der Waals surface area (Å²) >= 11 is 0. The molecule has 8 heteroatoms. The first kappa shape index (κ1) is 13.3. The zero-order chi connectivity index (χ0) is 13.2. The van der Waals surface area contributed by atoms with E-state index in [1.54, 1.807) is 6.92 Å². The van der Waals surface area contributed by atoms with E-state index in [4.69, 9.17) is 10.5 Å². The van der Waals surface area contributed by atoms with Gasteiger partial charge in [0.25, 0.3) is 0 Å². The number of hydrogen-bond acceptors (Lipinski definition) is 5. The molecule has 1 aromatic heterocycles. The monoisotopic (exact) mass is 274 g/mol. The number of ether oxygens (including phenoxy) is 1. The van der Waals surface area contributed by atoms with Crippen LogP contribution in [0.2, 0.25) is 0 Å². The lowest BCUT2D eigenvalue weighted by Gasteiger charge is -2.22. The Bertz CT molecular complexity index is 493. The highest BCUT2D eigenvalue weighted by molar-refractivity contribution is 7.89. The quantitative estimate of drug-likeness (QED) is 0.797. The first-order valence-corrected chi connectivity index (χ1v) is 7.40. The lowest BCUT2D eigenvalue weighted by Crippen LogP contribution is -2.37. The SMILES string of the molecule is CCN(CC1CCCO1)S(=O)(=O)c1cn[nH]c1N. The van der Waals surface area contributed by atoms with Gasteiger partial charge in [-0.2, -0.15) is 9.40 Å². The van der Waals surface area contributed by atoms with Crippen LogP contribution in [0.25, 0.3) is 0 Å². The van der Waals surface area contributed by atoms with Crippen molar-refractivity contribution in [1.82, 2.24) is 14.5 Å². The average Bonchev–Trinajstić information content (AvgIpc) is 2.96. The molecule has 1 unspecified atom stereocenters. The van der Waals surface area contributed by atoms with E-state index in [1.165, 1.54) is 10.5 Å². The molecular weight excluding hydrogens is 256 g/mol. The van der Waals surface area contributed by atoms with E-state index in [2.05, 4.69) is 10.2 Å². The molecule has 0 aliphatic carbocycles. The average molecular weight is 274 g/mol. The molecule has 1 atom stereocenters. The number of nitrogens with two attached hydrogens (primary N) is 1. The molecule has 7 nitrogen and oxygen atoms in total. The van der Waals surface area contributed by atoms with Crippen molar-refractivity contribution in [3.05, 3.63) is 6.20 Å². The Kier molecular flexibility index (Phi) is 3.88. The Labute approximate surface area is 106 Å². The number of rotatable bonds is 5. The van der Waals surface area contributed by atoms with E-state index >= 15 is 0 Å². The van der Waals surface area contributed by atoms with Gasteiger partial charge in [0.15, 0.2) is 0 Å². The Balaban J connectivity index is 2.18. The van der Waals surface area contributed by atoms with Gasteiger partial charge in [0.05, 0.1) is 12.3 Å². The van der Waals surface area contributed by atoms with Crippen LogP contribution in [0.1, 0.15) is 19.8 Å². The summed E-state index contributed by atoms with van der Waals surface area (Å²) in [5.74, 6) is 0.0702. The van der Waals surface area contributed by atoms with Gasteiger partial charge in [0.2, 0.25) is 10.0 Å². The van der Waals surface area contributed by atoms with Gasteiger partial charge in [-0.15, -0.1) is 0 Å². The van der Waals surface area contributed by atoms with Crippen molar-refractivity contribution in [3.63, 3.8) is 0 Å². The van der Waals surface area contributed by atoms with Crippen LogP contribution in [0.3, 0.4) is 0 Å². The molecule has 102 valence electrons. The third kappa shape index (κ3) is 2.50. The van der Waals surface area contributed by atoms with Crippen LogP contribution in [-0.4, -0.2) is 48.7 Å². The molecular formula is C10H18N4O3S. The number of aromatic amines is 1. The van der Waals surface area contributed by atoms with Crippen molar-refractivity contribution in [1.29, 1.82) is 0 Å². The van der Waals surface area contributed by atoms with Crippen molar-refractivity contribution in [2.45, 2.75) is 30.8 Å². The number of nitrogens with zero attached hydrogens (tertiary/aromatic N) is 2. The van der Waals surface area contributed by atoms with E-state index in [0.717, 1.165) is 12.8 Å². The minimum atomic E-state index is -3.59. The van der Waals surface area contributed by atoms with Crippen molar-refractivity contribution in [2.24, 2.45) is 0 Å². The fourth-order valence-electron chi connectivity index (χ4n) is 2.04. The highest BCUT2D eigenvalue weighted by Gasteiger charge is 2.30. The normalized spacial score (nSPS) is 20.7. The van der Waals surface area contributed by atoms with Crippen molar-refractivity contribution < 1.29 is 13.2 Å². The highest BCUT2D eigenvalue weighted by Crippen LogP contribution is 2.22. The largest absolute Gasteiger partial charge is 0.383 e. The van der Waals surface area contributed by atoms with Crippen LogP contribution in [0.5, 0.6) is 0 Å². The molecule has 1 saturated heterocycles. The summed E-state index contributed by atoms with van der Waals surface area (Å²) in [5, 5.41) is 6.09. The molecule has 0 amide bonds. The van der Waals surface area contributed by atoms with Gasteiger partial charge >= 0.3 is 0 Å². The minimum Gasteiger partial charge on any atom is -0.383 e. The maximum Gasteiger partial charge on any atom is 0.248 e. The second-order valence-electron chi connectivity index (χ2n) is 4.24. The number of H-pyrrole nitrogens is 1. The smallest absolute Gasteiger partial charge is 0.248 e. The summed E-state index contributed by atoms with van der Waals surface area (Å²) in [6.45, 7) is 3.25. The molecule has 0 spiro atoms. The molecule has 0 aromatic carbocycles. The number of likely N-dealkylation sites (N-methyl/N-ethyl adjacent to an activating group) is 1. The summed E-state index contributed by atoms with van der Waals surface area (Å²) in [4.78, 5) is 0.0300. The molecule has 1 aromatic rings. The number of sulfonamides is 1. The Hall–Kier alpha value is -1.12. The fraction of sp³-hybridized carbons (Fsp3) is 0.700. The fourth-order valence-corrected chi connectivity index (χ4v) is 3.53. The van der Waals surface area contributed by atoms with Crippen LogP contribution in [-0.2, 0) is 14.8 Å². The molecule has 18 heavy (non-hydrogen) atoms. The number of nitrogen functional groups attached to an aromatic ring is 1. The predicted molar refractivity (Wildman–Crippen MR) is 66.4 cm³/mol. The van der Waals surface area contributed by atoms with E-state index in [9.17, 15) is 8.42 Å². The second-order valence-corrected chi connectivity index (χ2v) is 6.14. The Morgan fingerprint density at radius 3 is 2.94 bits per heavy atom. The predicted octanol–water partition coefficient (Wildman–Crippen LogP) is 0.182. The third-order valence-corrected chi connectivity index (χ3v) is 5.00. The van der Waals surface area contributed by atoms with Gasteiger partial charge in [0.1, 0.15) is 10.7 Å². The van der Waals surface area contributed by atoms with Crippen molar-refractivity contribution in [3.8, 4) is 0 Å². The second kappa shape index (κ2) is 5.25. The van der Waals surface area contributed by atoms with Gasteiger partial charge in [-0.3, -0.25) is 5.10 Å². The number of nitrogens with one attached hydrogen (secondary N) is 1. The lowest BCUT2D eigenvalue weighted by molar-refractivity contribution is 0.0947. The van der Waals surface area contributed by atoms with Crippen LogP contribution in [0, 0.1) is 0 Å². The lowest BCUT2D eigenvalue weighted by atomic mass is 10.2. The van der Waals surface area contributed by atoms with E-state index in [-0.39, 0.29) is 16.8 Å². The Morgan fingerprint density at radius 1 is 1.67 bits per heavy atom. The van der Waals surface area contributed by atoms with Gasteiger partial charge in [-0.05, 0) is 12.8 Å². The minimum absolute atomic E-state index is 0.0205. The maximum atomic E-state index is 12.4. The van der Waals surface area contributed by atoms with Crippen molar-refractivity contribution >= 4 is 15.8 Å². The molecule has 2 rings (SSSR count). The molecule has 1 aliphatic heterocycles. The van der Waals surface area contributed by atoms with Crippen LogP contribution in [0.4, 0.5) is 5.82 Å². The van der Waals surface area contributed by atoms with Crippen LogP contribution >= 0.6 is 0 Å². The summed E-state index contributed by atoms with van der Waals surface area (Å²) < 4.78 is 31.6. The molecule has 1 fully saturated rings. The Morgan fingerprint density at radius 2 is 2.44 bits per heavy atom. The molecule has 1 aliphatic rings. The molecule has 0 saturated carbocycles.